The lowest BCUT2D eigenvalue weighted by Crippen LogP contribution is -2.03. The van der Waals surface area contributed by atoms with Crippen LogP contribution in [0.2, 0.25) is 0 Å². The van der Waals surface area contributed by atoms with Gasteiger partial charge in [-0.25, -0.2) is 4.98 Å². The van der Waals surface area contributed by atoms with E-state index < -0.39 is 0 Å². The molecule has 2 aromatic heterocycles. The molecule has 1 saturated carbocycles. The molecule has 1 aliphatic rings. The van der Waals surface area contributed by atoms with Gasteiger partial charge in [0, 0.05) is 17.7 Å². The number of aliphatic hydroxyl groups is 1. The highest BCUT2D eigenvalue weighted by molar-refractivity contribution is 7.98. The summed E-state index contributed by atoms with van der Waals surface area (Å²) < 4.78 is 7.48. The largest absolute Gasteiger partial charge is 0.448 e. The zero-order valence-electron chi connectivity index (χ0n) is 11.6. The molecular weight excluding hydrogens is 276 g/mol. The second-order valence-corrected chi connectivity index (χ2v) is 6.21. The molecule has 0 aliphatic heterocycles. The van der Waals surface area contributed by atoms with Crippen LogP contribution in [-0.4, -0.2) is 24.9 Å². The normalized spacial score (nSPS) is 15.2. The highest BCUT2D eigenvalue weighted by atomic mass is 32.2. The lowest BCUT2D eigenvalue weighted by atomic mass is 10.1. The van der Waals surface area contributed by atoms with Gasteiger partial charge in [0.05, 0.1) is 5.69 Å². The molecule has 0 spiro atoms. The summed E-state index contributed by atoms with van der Waals surface area (Å²) in [7, 11) is 0. The molecule has 0 unspecified atom stereocenters. The van der Waals surface area contributed by atoms with Crippen LogP contribution in [-0.2, 0) is 12.4 Å². The van der Waals surface area contributed by atoms with Gasteiger partial charge in [0.2, 0.25) is 0 Å². The SMILES string of the molecule is CC(C)c1ocnc1CSc1nnc(CO)n1C1CC1. The van der Waals surface area contributed by atoms with E-state index in [9.17, 15) is 5.11 Å². The van der Waals surface area contributed by atoms with E-state index in [1.54, 1.807) is 11.8 Å². The van der Waals surface area contributed by atoms with Crippen molar-refractivity contribution in [2.45, 2.75) is 56.2 Å². The van der Waals surface area contributed by atoms with Crippen molar-refractivity contribution in [2.24, 2.45) is 0 Å². The number of aromatic nitrogens is 4. The Morgan fingerprint density at radius 2 is 2.25 bits per heavy atom. The summed E-state index contributed by atoms with van der Waals surface area (Å²) in [6.07, 6.45) is 3.77. The molecule has 0 radical (unpaired) electrons. The van der Waals surface area contributed by atoms with E-state index in [4.69, 9.17) is 4.42 Å². The van der Waals surface area contributed by atoms with Crippen molar-refractivity contribution in [1.29, 1.82) is 0 Å². The fourth-order valence-corrected chi connectivity index (χ4v) is 3.18. The number of hydrogen-bond donors (Lipinski definition) is 1. The van der Waals surface area contributed by atoms with Gasteiger partial charge in [-0.3, -0.25) is 0 Å². The Bertz CT molecular complexity index is 589. The predicted octanol–water partition coefficient (Wildman–Crippen LogP) is 2.51. The van der Waals surface area contributed by atoms with Crippen molar-refractivity contribution in [3.8, 4) is 0 Å². The van der Waals surface area contributed by atoms with Crippen LogP contribution >= 0.6 is 11.8 Å². The van der Waals surface area contributed by atoms with E-state index in [-0.39, 0.29) is 6.61 Å². The molecule has 0 amide bonds. The van der Waals surface area contributed by atoms with Gasteiger partial charge in [0.15, 0.2) is 17.4 Å². The summed E-state index contributed by atoms with van der Waals surface area (Å²) in [5, 5.41) is 18.4. The Morgan fingerprint density at radius 3 is 2.90 bits per heavy atom. The molecule has 0 bridgehead atoms. The molecule has 0 atom stereocenters. The Hall–Kier alpha value is -1.34. The van der Waals surface area contributed by atoms with E-state index in [0.717, 1.165) is 29.5 Å². The molecule has 7 heteroatoms. The first-order valence-electron chi connectivity index (χ1n) is 6.80. The predicted molar refractivity (Wildman–Crippen MR) is 74.4 cm³/mol. The van der Waals surface area contributed by atoms with Crippen LogP contribution in [0, 0.1) is 0 Å². The van der Waals surface area contributed by atoms with E-state index in [2.05, 4.69) is 33.6 Å². The summed E-state index contributed by atoms with van der Waals surface area (Å²) in [6, 6.07) is 0.455. The summed E-state index contributed by atoms with van der Waals surface area (Å²) >= 11 is 1.60. The first-order chi connectivity index (χ1) is 9.70. The van der Waals surface area contributed by atoms with Gasteiger partial charge in [0.25, 0.3) is 0 Å². The molecule has 108 valence electrons. The minimum Gasteiger partial charge on any atom is -0.448 e. The first-order valence-corrected chi connectivity index (χ1v) is 7.79. The highest BCUT2D eigenvalue weighted by Gasteiger charge is 2.29. The van der Waals surface area contributed by atoms with Crippen molar-refractivity contribution in [3.63, 3.8) is 0 Å². The zero-order chi connectivity index (χ0) is 14.1. The Kier molecular flexibility index (Phi) is 3.80. The topological polar surface area (TPSA) is 77.0 Å². The van der Waals surface area contributed by atoms with Gasteiger partial charge < -0.3 is 14.1 Å². The first kappa shape index (κ1) is 13.6. The van der Waals surface area contributed by atoms with Crippen LogP contribution in [0.15, 0.2) is 16.0 Å². The van der Waals surface area contributed by atoms with Crippen molar-refractivity contribution in [2.75, 3.05) is 0 Å². The van der Waals surface area contributed by atoms with E-state index in [0.29, 0.717) is 23.5 Å². The van der Waals surface area contributed by atoms with Crippen molar-refractivity contribution >= 4 is 11.8 Å². The lowest BCUT2D eigenvalue weighted by molar-refractivity contribution is 0.263. The Morgan fingerprint density at radius 1 is 1.45 bits per heavy atom. The summed E-state index contributed by atoms with van der Waals surface area (Å²) in [5.41, 5.74) is 0.959. The van der Waals surface area contributed by atoms with Crippen LogP contribution in [0.1, 0.15) is 55.9 Å². The van der Waals surface area contributed by atoms with Gasteiger partial charge in [-0.2, -0.15) is 0 Å². The second kappa shape index (κ2) is 5.57. The molecule has 20 heavy (non-hydrogen) atoms. The molecule has 2 heterocycles. The van der Waals surface area contributed by atoms with Crippen LogP contribution in [0.5, 0.6) is 0 Å². The number of oxazole rings is 1. The summed E-state index contributed by atoms with van der Waals surface area (Å²) in [6.45, 7) is 4.11. The van der Waals surface area contributed by atoms with E-state index in [1.807, 2.05) is 0 Å². The molecule has 6 nitrogen and oxygen atoms in total. The van der Waals surface area contributed by atoms with Gasteiger partial charge >= 0.3 is 0 Å². The molecule has 2 aromatic rings. The maximum Gasteiger partial charge on any atom is 0.191 e. The van der Waals surface area contributed by atoms with Crippen LogP contribution in [0.25, 0.3) is 0 Å². The number of rotatable bonds is 6. The quantitative estimate of drug-likeness (QED) is 0.825. The summed E-state index contributed by atoms with van der Waals surface area (Å²) in [4.78, 5) is 4.28. The van der Waals surface area contributed by atoms with E-state index >= 15 is 0 Å². The lowest BCUT2D eigenvalue weighted by Gasteiger charge is -2.07. The Labute approximate surface area is 121 Å². The molecule has 1 aliphatic carbocycles. The monoisotopic (exact) mass is 294 g/mol. The standard InChI is InChI=1S/C13H18N4O2S/c1-8(2)12-10(14-7-19-12)6-20-13-16-15-11(5-18)17(13)9-3-4-9/h7-9,18H,3-6H2,1-2H3. The molecule has 3 rings (SSSR count). The van der Waals surface area contributed by atoms with Gasteiger partial charge in [-0.1, -0.05) is 25.6 Å². The number of nitrogens with zero attached hydrogens (tertiary/aromatic N) is 4. The molecule has 0 saturated heterocycles. The maximum atomic E-state index is 9.32. The van der Waals surface area contributed by atoms with Gasteiger partial charge in [-0.05, 0) is 12.8 Å². The van der Waals surface area contributed by atoms with Gasteiger partial charge in [0.1, 0.15) is 12.4 Å². The fraction of sp³-hybridized carbons (Fsp3) is 0.615. The molecule has 1 N–H and O–H groups in total. The fourth-order valence-electron chi connectivity index (χ4n) is 2.20. The highest BCUT2D eigenvalue weighted by Crippen LogP contribution is 2.39. The van der Waals surface area contributed by atoms with Crippen LogP contribution < -0.4 is 0 Å². The third-order valence-electron chi connectivity index (χ3n) is 3.32. The van der Waals surface area contributed by atoms with Crippen molar-refractivity contribution in [1.82, 2.24) is 19.7 Å². The second-order valence-electron chi connectivity index (χ2n) is 5.26. The van der Waals surface area contributed by atoms with Crippen molar-refractivity contribution in [3.05, 3.63) is 23.7 Å². The third kappa shape index (κ3) is 2.60. The minimum absolute atomic E-state index is 0.0642. The molecular formula is C13H18N4O2S. The minimum atomic E-state index is -0.0642. The molecule has 0 aromatic carbocycles. The summed E-state index contributed by atoms with van der Waals surface area (Å²) in [5.74, 6) is 2.61. The average molecular weight is 294 g/mol. The molecule has 1 fully saturated rings. The number of aliphatic hydroxyl groups excluding tert-OH is 1. The van der Waals surface area contributed by atoms with Crippen LogP contribution in [0.4, 0.5) is 0 Å². The zero-order valence-corrected chi connectivity index (χ0v) is 12.4. The average Bonchev–Trinajstić information content (AvgIpc) is 3.02. The maximum absolute atomic E-state index is 9.32. The van der Waals surface area contributed by atoms with E-state index in [1.165, 1.54) is 6.39 Å². The number of thioether (sulfide) groups is 1. The van der Waals surface area contributed by atoms with Crippen LogP contribution in [0.3, 0.4) is 0 Å². The third-order valence-corrected chi connectivity index (χ3v) is 4.28. The smallest absolute Gasteiger partial charge is 0.191 e. The van der Waals surface area contributed by atoms with Crippen molar-refractivity contribution < 1.29 is 9.52 Å². The van der Waals surface area contributed by atoms with Gasteiger partial charge in [-0.15, -0.1) is 10.2 Å². The number of hydrogen-bond acceptors (Lipinski definition) is 6. The Balaban J connectivity index is 1.75.